The van der Waals surface area contributed by atoms with Crippen molar-refractivity contribution in [3.8, 4) is 0 Å². The molecule has 0 aromatic heterocycles. The van der Waals surface area contributed by atoms with Crippen molar-refractivity contribution in [3.05, 3.63) is 23.8 Å². The number of ketones is 2. The molecule has 1 aliphatic rings. The Morgan fingerprint density at radius 2 is 1.64 bits per heavy atom. The largest absolute Gasteiger partial charge is 0.356 e. The first kappa shape index (κ1) is 21.3. The molecule has 140 valence electrons. The van der Waals surface area contributed by atoms with E-state index in [4.69, 9.17) is 0 Å². The van der Waals surface area contributed by atoms with Gasteiger partial charge in [-0.1, -0.05) is 57.6 Å². The molecule has 0 atom stereocenters. The zero-order valence-electron chi connectivity index (χ0n) is 15.6. The van der Waals surface area contributed by atoms with Crippen LogP contribution in [-0.2, 0) is 14.4 Å². The molecule has 0 unspecified atom stereocenters. The van der Waals surface area contributed by atoms with Crippen molar-refractivity contribution < 1.29 is 14.4 Å². The fourth-order valence-corrected chi connectivity index (χ4v) is 2.89. The van der Waals surface area contributed by atoms with Gasteiger partial charge in [-0.2, -0.15) is 0 Å². The van der Waals surface area contributed by atoms with Crippen LogP contribution in [0.25, 0.3) is 0 Å². The van der Waals surface area contributed by atoms with Crippen molar-refractivity contribution >= 4 is 17.5 Å². The van der Waals surface area contributed by atoms with Gasteiger partial charge in [0.2, 0.25) is 5.91 Å². The molecule has 0 fully saturated rings. The first-order chi connectivity index (χ1) is 12.1. The highest BCUT2D eigenvalue weighted by Gasteiger charge is 2.17. The van der Waals surface area contributed by atoms with E-state index in [1.54, 1.807) is 18.2 Å². The third-order valence-electron chi connectivity index (χ3n) is 4.46. The third-order valence-corrected chi connectivity index (χ3v) is 4.46. The summed E-state index contributed by atoms with van der Waals surface area (Å²) < 4.78 is 0. The molecule has 4 nitrogen and oxygen atoms in total. The van der Waals surface area contributed by atoms with Gasteiger partial charge < -0.3 is 5.32 Å². The lowest BCUT2D eigenvalue weighted by atomic mass is 9.96. The molecule has 0 spiro atoms. The van der Waals surface area contributed by atoms with Crippen molar-refractivity contribution in [1.29, 1.82) is 0 Å². The summed E-state index contributed by atoms with van der Waals surface area (Å²) in [4.78, 5) is 35.3. The number of unbranched alkanes of at least 4 members (excludes halogenated alkanes) is 7. The average Bonchev–Trinajstić information content (AvgIpc) is 2.61. The Bertz CT molecular complexity index is 491. The molecule has 1 N–H and O–H groups in total. The second-order valence-corrected chi connectivity index (χ2v) is 6.74. The molecule has 1 rings (SSSR count). The molecule has 0 saturated carbocycles. The normalized spacial score (nSPS) is 13.6. The summed E-state index contributed by atoms with van der Waals surface area (Å²) in [6, 6.07) is 0. The van der Waals surface area contributed by atoms with Crippen LogP contribution in [0.5, 0.6) is 0 Å². The summed E-state index contributed by atoms with van der Waals surface area (Å²) in [5.41, 5.74) is 0.342. The highest BCUT2D eigenvalue weighted by molar-refractivity contribution is 6.21. The molecular weight excluding hydrogens is 314 g/mol. The Morgan fingerprint density at radius 3 is 2.40 bits per heavy atom. The molecule has 0 aliphatic heterocycles. The fourth-order valence-electron chi connectivity index (χ4n) is 2.89. The summed E-state index contributed by atoms with van der Waals surface area (Å²) in [7, 11) is 0. The van der Waals surface area contributed by atoms with Gasteiger partial charge in [-0.15, -0.1) is 0 Å². The van der Waals surface area contributed by atoms with Crippen LogP contribution in [0.3, 0.4) is 0 Å². The van der Waals surface area contributed by atoms with Crippen molar-refractivity contribution in [1.82, 2.24) is 5.32 Å². The van der Waals surface area contributed by atoms with Crippen molar-refractivity contribution in [2.75, 3.05) is 6.54 Å². The molecule has 0 aromatic carbocycles. The van der Waals surface area contributed by atoms with Crippen LogP contribution >= 0.6 is 0 Å². The molecule has 0 saturated heterocycles. The van der Waals surface area contributed by atoms with E-state index in [0.717, 1.165) is 32.1 Å². The number of hydrogen-bond acceptors (Lipinski definition) is 3. The lowest BCUT2D eigenvalue weighted by Gasteiger charge is -2.07. The maximum Gasteiger partial charge on any atom is 0.219 e. The number of amides is 1. The lowest BCUT2D eigenvalue weighted by Crippen LogP contribution is -2.24. The molecule has 0 aromatic rings. The van der Waals surface area contributed by atoms with E-state index >= 15 is 0 Å². The van der Waals surface area contributed by atoms with Gasteiger partial charge in [-0.25, -0.2) is 0 Å². The summed E-state index contributed by atoms with van der Waals surface area (Å²) in [6.07, 6.45) is 16.2. The van der Waals surface area contributed by atoms with Gasteiger partial charge in [-0.3, -0.25) is 14.4 Å². The SMILES string of the molecule is CCCCCCCCC(=O)NCCCCCC(=O)C1=CC=CCC1=O. The average molecular weight is 347 g/mol. The third kappa shape index (κ3) is 10.0. The molecular formula is C21H33NO3. The predicted octanol–water partition coefficient (Wildman–Crippen LogP) is 4.44. The summed E-state index contributed by atoms with van der Waals surface area (Å²) in [5.74, 6) is 0.00669. The number of hydrogen-bond donors (Lipinski definition) is 1. The summed E-state index contributed by atoms with van der Waals surface area (Å²) in [6.45, 7) is 2.88. The molecule has 4 heteroatoms. The minimum absolute atomic E-state index is 0.0542. The van der Waals surface area contributed by atoms with Gasteiger partial charge in [0.15, 0.2) is 11.6 Å². The van der Waals surface area contributed by atoms with Gasteiger partial charge in [0.1, 0.15) is 0 Å². The van der Waals surface area contributed by atoms with Crippen LogP contribution in [0.1, 0.15) is 84.0 Å². The molecule has 0 radical (unpaired) electrons. The van der Waals surface area contributed by atoms with Crippen molar-refractivity contribution in [2.45, 2.75) is 84.0 Å². The van der Waals surface area contributed by atoms with Crippen molar-refractivity contribution in [2.24, 2.45) is 0 Å². The molecule has 0 heterocycles. The maximum atomic E-state index is 12.0. The zero-order chi connectivity index (χ0) is 18.3. The Morgan fingerprint density at radius 1 is 0.960 bits per heavy atom. The monoisotopic (exact) mass is 347 g/mol. The van der Waals surface area contributed by atoms with Crippen LogP contribution in [0.4, 0.5) is 0 Å². The maximum absolute atomic E-state index is 12.0. The molecule has 1 amide bonds. The van der Waals surface area contributed by atoms with Gasteiger partial charge in [0, 0.05) is 25.8 Å². The zero-order valence-corrected chi connectivity index (χ0v) is 15.6. The number of Topliss-reactive ketones (excluding diaryl/α,β-unsaturated/α-hetero) is 2. The molecule has 0 bridgehead atoms. The second kappa shape index (κ2) is 13.6. The number of nitrogens with one attached hydrogen (secondary N) is 1. The fraction of sp³-hybridized carbons (Fsp3) is 0.667. The van der Waals surface area contributed by atoms with Crippen LogP contribution in [-0.4, -0.2) is 24.0 Å². The Labute approximate surface area is 152 Å². The van der Waals surface area contributed by atoms with E-state index in [9.17, 15) is 14.4 Å². The smallest absolute Gasteiger partial charge is 0.219 e. The quantitative estimate of drug-likeness (QED) is 0.373. The Balaban J connectivity index is 1.96. The standard InChI is InChI=1S/C21H33NO3/c1-2-3-4-5-6-9-16-21(25)22-17-12-7-8-14-19(23)18-13-10-11-15-20(18)24/h10-11,13H,2-9,12,14-17H2,1H3,(H,22,25). The van der Waals surface area contributed by atoms with Crippen molar-refractivity contribution in [3.63, 3.8) is 0 Å². The second-order valence-electron chi connectivity index (χ2n) is 6.74. The highest BCUT2D eigenvalue weighted by Crippen LogP contribution is 2.13. The topological polar surface area (TPSA) is 63.2 Å². The number of carbonyl (C=O) groups is 3. The Kier molecular flexibility index (Phi) is 11.6. The van der Waals surface area contributed by atoms with Crippen LogP contribution in [0, 0.1) is 0 Å². The first-order valence-corrected chi connectivity index (χ1v) is 9.85. The molecule has 25 heavy (non-hydrogen) atoms. The van der Waals surface area contributed by atoms with Gasteiger partial charge >= 0.3 is 0 Å². The van der Waals surface area contributed by atoms with E-state index in [1.807, 2.05) is 0 Å². The Hall–Kier alpha value is -1.71. The minimum Gasteiger partial charge on any atom is -0.356 e. The predicted molar refractivity (Wildman–Crippen MR) is 101 cm³/mol. The summed E-state index contributed by atoms with van der Waals surface area (Å²) in [5, 5.41) is 2.94. The van der Waals surface area contributed by atoms with E-state index in [0.29, 0.717) is 31.4 Å². The van der Waals surface area contributed by atoms with Gasteiger partial charge in [0.25, 0.3) is 0 Å². The number of allylic oxidation sites excluding steroid dienone is 4. The number of carbonyl (C=O) groups excluding carboxylic acids is 3. The minimum atomic E-state index is -0.0746. The van der Waals surface area contributed by atoms with Gasteiger partial charge in [0.05, 0.1) is 5.57 Å². The number of rotatable bonds is 14. The highest BCUT2D eigenvalue weighted by atomic mass is 16.2. The van der Waals surface area contributed by atoms with Crippen LogP contribution < -0.4 is 5.32 Å². The van der Waals surface area contributed by atoms with E-state index in [1.165, 1.54) is 25.7 Å². The van der Waals surface area contributed by atoms with Crippen LogP contribution in [0.15, 0.2) is 23.8 Å². The first-order valence-electron chi connectivity index (χ1n) is 9.85. The molecule has 1 aliphatic carbocycles. The van der Waals surface area contributed by atoms with Gasteiger partial charge in [-0.05, 0) is 25.3 Å². The van der Waals surface area contributed by atoms with E-state index < -0.39 is 0 Å². The summed E-state index contributed by atoms with van der Waals surface area (Å²) >= 11 is 0. The van der Waals surface area contributed by atoms with E-state index in [-0.39, 0.29) is 17.5 Å². The van der Waals surface area contributed by atoms with Crippen LogP contribution in [0.2, 0.25) is 0 Å². The lowest BCUT2D eigenvalue weighted by molar-refractivity contribution is -0.122. The van der Waals surface area contributed by atoms with E-state index in [2.05, 4.69) is 12.2 Å².